The molecule has 0 aromatic heterocycles. The van der Waals surface area contributed by atoms with Crippen molar-refractivity contribution in [1.29, 1.82) is 0 Å². The van der Waals surface area contributed by atoms with Gasteiger partial charge in [-0.2, -0.15) is 0 Å². The number of ketones is 1. The van der Waals surface area contributed by atoms with Crippen LogP contribution in [0.1, 0.15) is 76.0 Å². The number of aryl methyl sites for hydroxylation is 1. The number of carbonyl (C=O) groups is 2. The number of esters is 1. The Balaban J connectivity index is 0.000000173. The number of hydrogen-bond donors (Lipinski definition) is 1. The number of carbonyl (C=O) groups excluding carboxylic acids is 2. The van der Waals surface area contributed by atoms with Crippen LogP contribution in [0.2, 0.25) is 0 Å². The Hall–Kier alpha value is -4.11. The molecule has 6 atom stereocenters. The number of benzene rings is 1. The minimum Gasteiger partial charge on any atom is -0.493 e. The molecule has 9 heteroatoms. The van der Waals surface area contributed by atoms with Gasteiger partial charge in [-0.05, 0) is 118 Å². The van der Waals surface area contributed by atoms with Gasteiger partial charge in [-0.3, -0.25) is 14.4 Å². The Morgan fingerprint density at radius 2 is 1.57 bits per heavy atom. The van der Waals surface area contributed by atoms with E-state index in [1.807, 2.05) is 25.3 Å². The van der Waals surface area contributed by atoms with Gasteiger partial charge in [0.2, 0.25) is 11.2 Å². The first-order valence-corrected chi connectivity index (χ1v) is 17.4. The summed E-state index contributed by atoms with van der Waals surface area (Å²) in [6, 6.07) is 7.29. The maximum atomic E-state index is 12.6. The molecule has 262 valence electrons. The highest BCUT2D eigenvalue weighted by Crippen LogP contribution is 2.60. The van der Waals surface area contributed by atoms with E-state index in [-0.39, 0.29) is 34.2 Å². The van der Waals surface area contributed by atoms with Crippen LogP contribution in [-0.2, 0) is 20.7 Å². The topological polar surface area (TPSA) is 109 Å². The predicted molar refractivity (Wildman–Crippen MR) is 187 cm³/mol. The van der Waals surface area contributed by atoms with Crippen LogP contribution in [0.15, 0.2) is 52.9 Å². The number of fused-ring (bicyclic) bond motifs is 8. The molecule has 1 heterocycles. The lowest BCUT2D eigenvalue weighted by molar-refractivity contribution is -0.192. The summed E-state index contributed by atoms with van der Waals surface area (Å²) in [6.45, 7) is 4.44. The highest BCUT2D eigenvalue weighted by molar-refractivity contribution is 6.01. The van der Waals surface area contributed by atoms with Gasteiger partial charge >= 0.3 is 5.97 Å². The van der Waals surface area contributed by atoms with Crippen LogP contribution in [0, 0.1) is 23.2 Å². The van der Waals surface area contributed by atoms with E-state index in [1.54, 1.807) is 39.5 Å². The largest absolute Gasteiger partial charge is 0.493 e. The van der Waals surface area contributed by atoms with Gasteiger partial charge in [-0.15, -0.1) is 0 Å². The maximum Gasteiger partial charge on any atom is 0.306 e. The molecule has 0 bridgehead atoms. The average molecular weight is 672 g/mol. The van der Waals surface area contributed by atoms with Crippen LogP contribution in [-0.4, -0.2) is 52.8 Å². The SMILES string of the molecule is CNC1CCc2cc(OC)c(OC)c(OC)c2-c2ccc(OC)c(=O)cc21.C[C@]12C=CC(=O)C=C1CC[C@@H]1[C@@H]2CC[C@]2(C)OC(=O)CC[C@@H]12. The molecule has 1 saturated heterocycles. The molecule has 7 rings (SSSR count). The fourth-order valence-corrected chi connectivity index (χ4v) is 9.48. The summed E-state index contributed by atoms with van der Waals surface area (Å²) < 4.78 is 27.9. The molecule has 3 fully saturated rings. The van der Waals surface area contributed by atoms with Gasteiger partial charge in [0.1, 0.15) is 5.60 Å². The number of hydrogen-bond acceptors (Lipinski definition) is 9. The van der Waals surface area contributed by atoms with E-state index >= 15 is 0 Å². The average Bonchev–Trinajstić information content (AvgIpc) is 3.34. The van der Waals surface area contributed by atoms with E-state index in [2.05, 4.69) is 25.2 Å². The Bertz CT molecular complexity index is 1760. The smallest absolute Gasteiger partial charge is 0.306 e. The van der Waals surface area contributed by atoms with E-state index in [9.17, 15) is 14.4 Å². The lowest BCUT2D eigenvalue weighted by Gasteiger charge is -2.58. The van der Waals surface area contributed by atoms with Gasteiger partial charge in [-0.25, -0.2) is 0 Å². The maximum absolute atomic E-state index is 12.6. The zero-order valence-corrected chi connectivity index (χ0v) is 29.8. The molecule has 1 N–H and O–H groups in total. The summed E-state index contributed by atoms with van der Waals surface area (Å²) in [5, 5.41) is 3.33. The first-order valence-electron chi connectivity index (χ1n) is 17.4. The standard InChI is InChI=1S/C21H25NO5.C19H24O3/c1-22-15-8-6-12-10-18(25-3)20(26-4)21(27-5)19(12)13-7-9-17(24-2)16(23)11-14(13)15;1-18-9-7-13(20)11-12(18)3-4-14-15(18)8-10-19(2)16(14)5-6-17(21)22-19/h7,9-11,15,22H,6,8H2,1-5H3;7,9,11,14-16H,3-6,8,10H2,1-2H3/t;14-,15+,16+,18+,19+/m.1/s1. The molecule has 0 radical (unpaired) electrons. The van der Waals surface area contributed by atoms with Crippen LogP contribution in [0.3, 0.4) is 0 Å². The molecule has 5 aliphatic rings. The second-order valence-corrected chi connectivity index (χ2v) is 14.3. The molecular weight excluding hydrogens is 622 g/mol. The summed E-state index contributed by atoms with van der Waals surface area (Å²) in [6.07, 6.45) is 13.1. The first-order chi connectivity index (χ1) is 23.5. The van der Waals surface area contributed by atoms with Crippen molar-refractivity contribution in [1.82, 2.24) is 5.32 Å². The van der Waals surface area contributed by atoms with Crippen LogP contribution in [0.25, 0.3) is 11.1 Å². The Morgan fingerprint density at radius 3 is 2.27 bits per heavy atom. The molecule has 1 aliphatic heterocycles. The highest BCUT2D eigenvalue weighted by Gasteiger charge is 2.56. The van der Waals surface area contributed by atoms with Crippen LogP contribution < -0.4 is 29.7 Å². The minimum atomic E-state index is -0.262. The second-order valence-electron chi connectivity index (χ2n) is 14.3. The summed E-state index contributed by atoms with van der Waals surface area (Å²) in [5.74, 6) is 3.84. The zero-order valence-electron chi connectivity index (χ0n) is 29.8. The lowest BCUT2D eigenvalue weighted by atomic mass is 9.49. The van der Waals surface area contributed by atoms with Crippen molar-refractivity contribution in [2.24, 2.45) is 23.2 Å². The molecule has 9 nitrogen and oxygen atoms in total. The van der Waals surface area contributed by atoms with Gasteiger partial charge < -0.3 is 29.0 Å². The predicted octanol–water partition coefficient (Wildman–Crippen LogP) is 6.54. The second kappa shape index (κ2) is 13.7. The first kappa shape index (κ1) is 34.7. The lowest BCUT2D eigenvalue weighted by Crippen LogP contribution is -2.56. The number of methoxy groups -OCH3 is 4. The summed E-state index contributed by atoms with van der Waals surface area (Å²) >= 11 is 0. The quantitative estimate of drug-likeness (QED) is 0.354. The van der Waals surface area contributed by atoms with Crippen molar-refractivity contribution in [3.8, 4) is 34.1 Å². The minimum absolute atomic E-state index is 0.0250. The van der Waals surface area contributed by atoms with Crippen molar-refractivity contribution in [2.75, 3.05) is 35.5 Å². The molecule has 2 aromatic carbocycles. The summed E-state index contributed by atoms with van der Waals surface area (Å²) in [7, 11) is 8.21. The molecule has 2 saturated carbocycles. The molecule has 49 heavy (non-hydrogen) atoms. The zero-order chi connectivity index (χ0) is 35.1. The normalized spacial score (nSPS) is 29.5. The monoisotopic (exact) mass is 671 g/mol. The van der Waals surface area contributed by atoms with Crippen molar-refractivity contribution < 1.29 is 33.3 Å². The molecule has 2 aromatic rings. The van der Waals surface area contributed by atoms with Gasteiger partial charge in [0.05, 0.1) is 28.4 Å². The van der Waals surface area contributed by atoms with Crippen molar-refractivity contribution in [2.45, 2.75) is 76.9 Å². The van der Waals surface area contributed by atoms with Crippen LogP contribution >= 0.6 is 0 Å². The van der Waals surface area contributed by atoms with Crippen LogP contribution in [0.5, 0.6) is 23.0 Å². The van der Waals surface area contributed by atoms with E-state index in [0.717, 1.165) is 67.2 Å². The van der Waals surface area contributed by atoms with Crippen molar-refractivity contribution >= 4 is 11.8 Å². The molecular formula is C40H49NO8. The number of nitrogens with one attached hydrogen (secondary N) is 1. The van der Waals surface area contributed by atoms with E-state index in [4.69, 9.17) is 23.7 Å². The number of ether oxygens (including phenoxy) is 5. The van der Waals surface area contributed by atoms with Crippen LogP contribution in [0.4, 0.5) is 0 Å². The third-order valence-electron chi connectivity index (χ3n) is 12.0. The molecule has 0 spiro atoms. The van der Waals surface area contributed by atoms with E-state index in [1.165, 1.54) is 12.7 Å². The Labute approximate surface area is 289 Å². The Kier molecular flexibility index (Phi) is 9.68. The molecule has 0 amide bonds. The van der Waals surface area contributed by atoms with Gasteiger partial charge in [0.25, 0.3) is 0 Å². The van der Waals surface area contributed by atoms with E-state index in [0.29, 0.717) is 47.2 Å². The molecule has 1 unspecified atom stereocenters. The van der Waals surface area contributed by atoms with Gasteiger partial charge in [0, 0.05) is 29.4 Å². The number of allylic oxidation sites excluding steroid dienone is 4. The summed E-state index contributed by atoms with van der Waals surface area (Å²) in [5.41, 5.74) is 4.76. The van der Waals surface area contributed by atoms with Gasteiger partial charge in [-0.1, -0.05) is 24.6 Å². The Morgan fingerprint density at radius 1 is 0.816 bits per heavy atom. The number of rotatable bonds is 5. The van der Waals surface area contributed by atoms with E-state index < -0.39 is 0 Å². The third-order valence-corrected chi connectivity index (χ3v) is 12.0. The molecule has 4 aliphatic carbocycles. The highest BCUT2D eigenvalue weighted by atomic mass is 16.6. The fraction of sp³-hybridized carbons (Fsp3) is 0.525. The van der Waals surface area contributed by atoms with Gasteiger partial charge in [0.15, 0.2) is 23.0 Å². The fourth-order valence-electron chi connectivity index (χ4n) is 9.48. The van der Waals surface area contributed by atoms with Crippen molar-refractivity contribution in [3.05, 3.63) is 69.4 Å². The van der Waals surface area contributed by atoms with Crippen molar-refractivity contribution in [3.63, 3.8) is 0 Å². The summed E-state index contributed by atoms with van der Waals surface area (Å²) in [4.78, 5) is 36.0. The third kappa shape index (κ3) is 6.04.